The number of nitrogens with one attached hydrogen (secondary N) is 1. The van der Waals surface area contributed by atoms with Gasteiger partial charge in [-0.15, -0.1) is 0 Å². The molecule has 2 heterocycles. The fourth-order valence-corrected chi connectivity index (χ4v) is 5.73. The first-order chi connectivity index (χ1) is 15.8. The average Bonchev–Trinajstić information content (AvgIpc) is 3.44. The van der Waals surface area contributed by atoms with Crippen LogP contribution in [0.4, 0.5) is 11.5 Å². The lowest BCUT2D eigenvalue weighted by atomic mass is 10.1. The van der Waals surface area contributed by atoms with Crippen LogP contribution in [0, 0.1) is 0 Å². The Labute approximate surface area is 199 Å². The van der Waals surface area contributed by atoms with E-state index in [4.69, 9.17) is 5.73 Å². The average molecular weight is 528 g/mol. The molecular formula is C23H22BrN5O3S. The highest BCUT2D eigenvalue weighted by Crippen LogP contribution is 2.40. The van der Waals surface area contributed by atoms with Crippen molar-refractivity contribution in [3.8, 4) is 16.9 Å². The number of benzene rings is 2. The van der Waals surface area contributed by atoms with Gasteiger partial charge in [-0.2, -0.15) is 0 Å². The zero-order chi connectivity index (χ0) is 23.2. The van der Waals surface area contributed by atoms with Gasteiger partial charge in [-0.05, 0) is 54.8 Å². The number of nitrogens with zero attached hydrogens (tertiary/aromatic N) is 3. The molecule has 8 nitrogen and oxygen atoms in total. The van der Waals surface area contributed by atoms with Gasteiger partial charge >= 0.3 is 0 Å². The van der Waals surface area contributed by atoms with Gasteiger partial charge < -0.3 is 15.4 Å². The number of phenols is 1. The molecule has 170 valence electrons. The summed E-state index contributed by atoms with van der Waals surface area (Å²) >= 11 is 3.29. The smallest absolute Gasteiger partial charge is 0.262 e. The molecule has 0 atom stereocenters. The Kier molecular flexibility index (Phi) is 5.49. The van der Waals surface area contributed by atoms with E-state index in [2.05, 4.69) is 35.2 Å². The Morgan fingerprint density at radius 3 is 2.52 bits per heavy atom. The van der Waals surface area contributed by atoms with Gasteiger partial charge in [-0.3, -0.25) is 4.72 Å². The standard InChI is InChI=1S/C23H22BrN5O3S/c24-15-6-8-17(9-7-15)33(31,32)28-19-10-5-14(11-20(19)30)18-12-29(16-3-1-2-4-16)23-21(18)22(25)26-13-27-23/h5-13,16,28,30H,1-4H2,(H2,25,26,27). The van der Waals surface area contributed by atoms with Crippen LogP contribution in [0.3, 0.4) is 0 Å². The Bertz CT molecular complexity index is 1450. The van der Waals surface area contributed by atoms with Gasteiger partial charge in [-0.1, -0.05) is 34.8 Å². The maximum absolute atomic E-state index is 12.7. The zero-order valence-electron chi connectivity index (χ0n) is 17.6. The van der Waals surface area contributed by atoms with E-state index in [-0.39, 0.29) is 16.3 Å². The first kappa shape index (κ1) is 21.7. The minimum absolute atomic E-state index is 0.0884. The molecule has 5 rings (SSSR count). The number of aromatic nitrogens is 3. The summed E-state index contributed by atoms with van der Waals surface area (Å²) in [5, 5.41) is 11.4. The Morgan fingerprint density at radius 2 is 1.82 bits per heavy atom. The first-order valence-corrected chi connectivity index (χ1v) is 12.8. The maximum atomic E-state index is 12.7. The van der Waals surface area contributed by atoms with Crippen LogP contribution >= 0.6 is 15.9 Å². The molecule has 10 heteroatoms. The summed E-state index contributed by atoms with van der Waals surface area (Å²) in [5.41, 5.74) is 8.56. The third-order valence-electron chi connectivity index (χ3n) is 6.03. The number of anilines is 2. The van der Waals surface area contributed by atoms with Crippen molar-refractivity contribution in [2.45, 2.75) is 36.6 Å². The van der Waals surface area contributed by atoms with E-state index in [0.717, 1.165) is 33.9 Å². The van der Waals surface area contributed by atoms with Gasteiger partial charge in [0.15, 0.2) is 0 Å². The quantitative estimate of drug-likeness (QED) is 0.311. The van der Waals surface area contributed by atoms with Crippen LogP contribution in [0.5, 0.6) is 5.75 Å². The van der Waals surface area contributed by atoms with E-state index in [1.54, 1.807) is 24.3 Å². The van der Waals surface area contributed by atoms with Gasteiger partial charge in [0, 0.05) is 22.3 Å². The van der Waals surface area contributed by atoms with Gasteiger partial charge in [0.25, 0.3) is 10.0 Å². The highest BCUT2D eigenvalue weighted by atomic mass is 79.9. The van der Waals surface area contributed by atoms with Crippen molar-refractivity contribution in [3.63, 3.8) is 0 Å². The number of fused-ring (bicyclic) bond motifs is 1. The highest BCUT2D eigenvalue weighted by Gasteiger charge is 2.23. The van der Waals surface area contributed by atoms with Gasteiger partial charge in [0.2, 0.25) is 0 Å². The highest BCUT2D eigenvalue weighted by molar-refractivity contribution is 9.10. The lowest BCUT2D eigenvalue weighted by Crippen LogP contribution is -2.12. The van der Waals surface area contributed by atoms with Gasteiger partial charge in [-0.25, -0.2) is 18.4 Å². The van der Waals surface area contributed by atoms with Crippen LogP contribution in [0.15, 0.2) is 64.4 Å². The molecule has 1 aliphatic rings. The molecule has 0 unspecified atom stereocenters. The van der Waals surface area contributed by atoms with E-state index in [0.29, 0.717) is 17.4 Å². The summed E-state index contributed by atoms with van der Waals surface area (Å²) in [6, 6.07) is 11.4. The van der Waals surface area contributed by atoms with Crippen LogP contribution in [0.25, 0.3) is 22.2 Å². The van der Waals surface area contributed by atoms with Crippen molar-refractivity contribution in [3.05, 3.63) is 59.5 Å². The summed E-state index contributed by atoms with van der Waals surface area (Å²) < 4.78 is 30.8. The Morgan fingerprint density at radius 1 is 1.09 bits per heavy atom. The summed E-state index contributed by atoms with van der Waals surface area (Å²) in [6.45, 7) is 0. The van der Waals surface area contributed by atoms with Crippen molar-refractivity contribution in [2.24, 2.45) is 0 Å². The molecule has 1 aliphatic carbocycles. The lowest BCUT2D eigenvalue weighted by molar-refractivity contribution is 0.478. The predicted molar refractivity (Wildman–Crippen MR) is 131 cm³/mol. The number of hydrogen-bond acceptors (Lipinski definition) is 6. The largest absolute Gasteiger partial charge is 0.506 e. The molecule has 0 saturated heterocycles. The molecule has 0 spiro atoms. The SMILES string of the molecule is Nc1ncnc2c1c(-c1ccc(NS(=O)(=O)c3ccc(Br)cc3)c(O)c1)cn2C1CCCC1. The maximum Gasteiger partial charge on any atom is 0.262 e. The third kappa shape index (κ3) is 4.04. The minimum atomic E-state index is -3.85. The van der Waals surface area contributed by atoms with Crippen molar-refractivity contribution >= 4 is 48.5 Å². The van der Waals surface area contributed by atoms with E-state index >= 15 is 0 Å². The number of halogens is 1. The number of phenolic OH excluding ortho intramolecular Hbond substituents is 1. The molecule has 33 heavy (non-hydrogen) atoms. The molecule has 2 aromatic heterocycles. The summed E-state index contributed by atoms with van der Waals surface area (Å²) in [4.78, 5) is 8.73. The van der Waals surface area contributed by atoms with E-state index < -0.39 is 10.0 Å². The van der Waals surface area contributed by atoms with E-state index in [1.807, 2.05) is 6.20 Å². The molecule has 2 aromatic carbocycles. The van der Waals surface area contributed by atoms with Crippen LogP contribution < -0.4 is 10.5 Å². The number of hydrogen-bond donors (Lipinski definition) is 3. The lowest BCUT2D eigenvalue weighted by Gasteiger charge is -2.12. The fraction of sp³-hybridized carbons (Fsp3) is 0.217. The third-order valence-corrected chi connectivity index (χ3v) is 7.94. The molecular weight excluding hydrogens is 506 g/mol. The second kappa shape index (κ2) is 8.35. The monoisotopic (exact) mass is 527 g/mol. The molecule has 0 radical (unpaired) electrons. The molecule has 0 aliphatic heterocycles. The summed E-state index contributed by atoms with van der Waals surface area (Å²) in [7, 11) is -3.85. The van der Waals surface area contributed by atoms with Crippen LogP contribution in [-0.4, -0.2) is 28.1 Å². The molecule has 0 bridgehead atoms. The molecule has 4 N–H and O–H groups in total. The molecule has 1 saturated carbocycles. The minimum Gasteiger partial charge on any atom is -0.506 e. The second-order valence-electron chi connectivity index (χ2n) is 8.14. The van der Waals surface area contributed by atoms with Crippen LogP contribution in [0.1, 0.15) is 31.7 Å². The Hall–Kier alpha value is -3.11. The summed E-state index contributed by atoms with van der Waals surface area (Å²) in [5.74, 6) is 0.177. The predicted octanol–water partition coefficient (Wildman–Crippen LogP) is 5.06. The topological polar surface area (TPSA) is 123 Å². The van der Waals surface area contributed by atoms with Crippen molar-refractivity contribution in [2.75, 3.05) is 10.5 Å². The molecule has 4 aromatic rings. The van der Waals surface area contributed by atoms with Gasteiger partial charge in [0.1, 0.15) is 23.5 Å². The van der Waals surface area contributed by atoms with E-state index in [1.165, 1.54) is 37.4 Å². The van der Waals surface area contributed by atoms with E-state index in [9.17, 15) is 13.5 Å². The fourth-order valence-electron chi connectivity index (χ4n) is 4.39. The molecule has 0 amide bonds. The van der Waals surface area contributed by atoms with Crippen molar-refractivity contribution < 1.29 is 13.5 Å². The number of sulfonamides is 1. The summed E-state index contributed by atoms with van der Waals surface area (Å²) in [6.07, 6.45) is 7.98. The zero-order valence-corrected chi connectivity index (χ0v) is 20.0. The van der Waals surface area contributed by atoms with Gasteiger partial charge in [0.05, 0.1) is 16.0 Å². The number of aromatic hydroxyl groups is 1. The molecule has 1 fully saturated rings. The number of nitrogen functional groups attached to an aromatic ring is 1. The van der Waals surface area contributed by atoms with Crippen LogP contribution in [-0.2, 0) is 10.0 Å². The van der Waals surface area contributed by atoms with Crippen molar-refractivity contribution in [1.29, 1.82) is 0 Å². The first-order valence-electron chi connectivity index (χ1n) is 10.6. The van der Waals surface area contributed by atoms with Crippen LogP contribution in [0.2, 0.25) is 0 Å². The Balaban J connectivity index is 1.53. The number of rotatable bonds is 5. The van der Waals surface area contributed by atoms with Crippen molar-refractivity contribution in [1.82, 2.24) is 14.5 Å². The normalized spacial score (nSPS) is 14.7. The number of nitrogens with two attached hydrogens (primary N) is 1. The second-order valence-corrected chi connectivity index (χ2v) is 10.7.